The molecule has 0 aromatic heterocycles. The number of hydrogen-bond acceptors (Lipinski definition) is 4. The average Bonchev–Trinajstić information content (AvgIpc) is 2.28. The first-order valence-corrected chi connectivity index (χ1v) is 5.68. The topological polar surface area (TPSA) is 56.8 Å². The SMILES string of the molecule is COc1cc(NC(=O)OC(C)(C)C)cc(OC)c1F. The lowest BCUT2D eigenvalue weighted by molar-refractivity contribution is 0.0636. The Morgan fingerprint density at radius 1 is 1.16 bits per heavy atom. The van der Waals surface area contributed by atoms with Crippen LogP contribution in [0.4, 0.5) is 14.9 Å². The molecule has 1 rings (SSSR count). The molecule has 0 atom stereocenters. The van der Waals surface area contributed by atoms with E-state index in [0.717, 1.165) is 0 Å². The first-order chi connectivity index (χ1) is 8.76. The normalized spacial score (nSPS) is 10.8. The van der Waals surface area contributed by atoms with Crippen LogP contribution in [0.2, 0.25) is 0 Å². The molecule has 1 aromatic carbocycles. The van der Waals surface area contributed by atoms with E-state index in [-0.39, 0.29) is 11.5 Å². The number of ether oxygens (including phenoxy) is 3. The van der Waals surface area contributed by atoms with Crippen LogP contribution in [0.3, 0.4) is 0 Å². The Morgan fingerprint density at radius 2 is 1.63 bits per heavy atom. The molecule has 0 aliphatic rings. The zero-order valence-electron chi connectivity index (χ0n) is 11.7. The number of rotatable bonds is 3. The Kier molecular flexibility index (Phi) is 4.58. The average molecular weight is 271 g/mol. The monoisotopic (exact) mass is 271 g/mol. The van der Waals surface area contributed by atoms with E-state index in [2.05, 4.69) is 5.32 Å². The number of methoxy groups -OCH3 is 2. The lowest BCUT2D eigenvalue weighted by Gasteiger charge is -2.20. The molecule has 6 heteroatoms. The Morgan fingerprint density at radius 3 is 2.00 bits per heavy atom. The van der Waals surface area contributed by atoms with Gasteiger partial charge in [-0.1, -0.05) is 0 Å². The molecule has 0 aliphatic heterocycles. The predicted molar refractivity (Wildman–Crippen MR) is 69.4 cm³/mol. The second kappa shape index (κ2) is 5.77. The molecule has 0 spiro atoms. The quantitative estimate of drug-likeness (QED) is 0.917. The minimum absolute atomic E-state index is 0.0228. The smallest absolute Gasteiger partial charge is 0.412 e. The highest BCUT2D eigenvalue weighted by Crippen LogP contribution is 2.31. The van der Waals surface area contributed by atoms with Gasteiger partial charge >= 0.3 is 6.09 Å². The molecule has 5 nitrogen and oxygen atoms in total. The molecule has 0 unspecified atom stereocenters. The van der Waals surface area contributed by atoms with Gasteiger partial charge in [0.05, 0.1) is 19.9 Å². The van der Waals surface area contributed by atoms with Crippen LogP contribution in [0.5, 0.6) is 11.5 Å². The molecule has 1 aromatic rings. The number of carbonyl (C=O) groups excluding carboxylic acids is 1. The maximum Gasteiger partial charge on any atom is 0.412 e. The highest BCUT2D eigenvalue weighted by molar-refractivity contribution is 5.85. The summed E-state index contributed by atoms with van der Waals surface area (Å²) in [4.78, 5) is 11.6. The first kappa shape index (κ1) is 15.1. The molecule has 0 saturated carbocycles. The summed E-state index contributed by atoms with van der Waals surface area (Å²) in [5.41, 5.74) is -0.289. The Balaban J connectivity index is 2.93. The van der Waals surface area contributed by atoms with E-state index in [0.29, 0.717) is 5.69 Å². The largest absolute Gasteiger partial charge is 0.493 e. The van der Waals surface area contributed by atoms with Crippen molar-refractivity contribution in [1.82, 2.24) is 0 Å². The lowest BCUT2D eigenvalue weighted by atomic mass is 10.2. The molecule has 0 fully saturated rings. The third-order valence-electron chi connectivity index (χ3n) is 2.09. The molecule has 0 radical (unpaired) electrons. The van der Waals surface area contributed by atoms with Gasteiger partial charge in [0.25, 0.3) is 0 Å². The molecular weight excluding hydrogens is 253 g/mol. The number of halogens is 1. The van der Waals surface area contributed by atoms with Crippen molar-refractivity contribution in [3.63, 3.8) is 0 Å². The Labute approximate surface area is 111 Å². The van der Waals surface area contributed by atoms with E-state index < -0.39 is 17.5 Å². The molecule has 0 aliphatic carbocycles. The van der Waals surface area contributed by atoms with Crippen molar-refractivity contribution in [1.29, 1.82) is 0 Å². The van der Waals surface area contributed by atoms with Gasteiger partial charge < -0.3 is 14.2 Å². The summed E-state index contributed by atoms with van der Waals surface area (Å²) in [6, 6.07) is 2.70. The second-order valence-electron chi connectivity index (χ2n) is 4.82. The van der Waals surface area contributed by atoms with Gasteiger partial charge in [-0.3, -0.25) is 5.32 Å². The lowest BCUT2D eigenvalue weighted by Crippen LogP contribution is -2.27. The fourth-order valence-electron chi connectivity index (χ4n) is 1.36. The van der Waals surface area contributed by atoms with E-state index in [1.807, 2.05) is 0 Å². The Hall–Kier alpha value is -1.98. The van der Waals surface area contributed by atoms with Gasteiger partial charge in [0.2, 0.25) is 5.82 Å². The van der Waals surface area contributed by atoms with Crippen LogP contribution in [-0.4, -0.2) is 25.9 Å². The van der Waals surface area contributed by atoms with Crippen molar-refractivity contribution in [3.05, 3.63) is 17.9 Å². The highest BCUT2D eigenvalue weighted by atomic mass is 19.1. The standard InChI is InChI=1S/C13H18FNO4/c1-13(2,3)19-12(16)15-8-6-9(17-4)11(14)10(7-8)18-5/h6-7H,1-5H3,(H,15,16). The zero-order valence-corrected chi connectivity index (χ0v) is 11.7. The molecule has 19 heavy (non-hydrogen) atoms. The van der Waals surface area contributed by atoms with E-state index >= 15 is 0 Å². The predicted octanol–water partition coefficient (Wildman–Crippen LogP) is 3.19. The summed E-state index contributed by atoms with van der Waals surface area (Å²) in [5.74, 6) is -0.671. The van der Waals surface area contributed by atoms with Gasteiger partial charge in [-0.15, -0.1) is 0 Å². The van der Waals surface area contributed by atoms with E-state index in [9.17, 15) is 9.18 Å². The number of carbonyl (C=O) groups is 1. The van der Waals surface area contributed by atoms with Gasteiger partial charge in [0.1, 0.15) is 5.60 Å². The van der Waals surface area contributed by atoms with Crippen molar-refractivity contribution in [2.45, 2.75) is 26.4 Å². The summed E-state index contributed by atoms with van der Waals surface area (Å²) in [5, 5.41) is 2.49. The summed E-state index contributed by atoms with van der Waals surface area (Å²) in [6.07, 6.45) is -0.636. The van der Waals surface area contributed by atoms with Crippen molar-refractivity contribution in [2.24, 2.45) is 0 Å². The molecular formula is C13H18FNO4. The molecule has 0 heterocycles. The second-order valence-corrected chi connectivity index (χ2v) is 4.82. The van der Waals surface area contributed by atoms with Crippen LogP contribution >= 0.6 is 0 Å². The Bertz CT molecular complexity index is 443. The number of anilines is 1. The van der Waals surface area contributed by atoms with Crippen LogP contribution in [-0.2, 0) is 4.74 Å². The van der Waals surface area contributed by atoms with E-state index in [4.69, 9.17) is 14.2 Å². The van der Waals surface area contributed by atoms with Crippen LogP contribution in [0, 0.1) is 5.82 Å². The maximum absolute atomic E-state index is 13.7. The van der Waals surface area contributed by atoms with Crippen LogP contribution in [0.15, 0.2) is 12.1 Å². The minimum atomic E-state index is -0.636. The summed E-state index contributed by atoms with van der Waals surface area (Å²) >= 11 is 0. The van der Waals surface area contributed by atoms with Gasteiger partial charge in [0, 0.05) is 12.1 Å². The van der Waals surface area contributed by atoms with Gasteiger partial charge in [0.15, 0.2) is 11.5 Å². The number of amides is 1. The molecule has 1 amide bonds. The van der Waals surface area contributed by atoms with Crippen molar-refractivity contribution in [3.8, 4) is 11.5 Å². The number of nitrogens with one attached hydrogen (secondary N) is 1. The van der Waals surface area contributed by atoms with Crippen molar-refractivity contribution < 1.29 is 23.4 Å². The summed E-state index contributed by atoms with van der Waals surface area (Å²) < 4.78 is 28.5. The van der Waals surface area contributed by atoms with Gasteiger partial charge in [-0.05, 0) is 20.8 Å². The minimum Gasteiger partial charge on any atom is -0.493 e. The van der Waals surface area contributed by atoms with Crippen LogP contribution in [0.25, 0.3) is 0 Å². The number of hydrogen-bond donors (Lipinski definition) is 1. The summed E-state index contributed by atoms with van der Waals surface area (Å²) in [7, 11) is 2.66. The fourth-order valence-corrected chi connectivity index (χ4v) is 1.36. The van der Waals surface area contributed by atoms with Crippen LogP contribution < -0.4 is 14.8 Å². The van der Waals surface area contributed by atoms with Gasteiger partial charge in [-0.2, -0.15) is 4.39 Å². The first-order valence-electron chi connectivity index (χ1n) is 5.68. The van der Waals surface area contributed by atoms with Crippen molar-refractivity contribution >= 4 is 11.8 Å². The number of benzene rings is 1. The molecule has 106 valence electrons. The van der Waals surface area contributed by atoms with Crippen LogP contribution in [0.1, 0.15) is 20.8 Å². The third-order valence-corrected chi connectivity index (χ3v) is 2.09. The summed E-state index contributed by atoms with van der Waals surface area (Å²) in [6.45, 7) is 5.25. The molecule has 1 N–H and O–H groups in total. The maximum atomic E-state index is 13.7. The third kappa shape index (κ3) is 4.31. The zero-order chi connectivity index (χ0) is 14.6. The van der Waals surface area contributed by atoms with E-state index in [1.54, 1.807) is 20.8 Å². The molecule has 0 bridgehead atoms. The fraction of sp³-hybridized carbons (Fsp3) is 0.462. The van der Waals surface area contributed by atoms with Gasteiger partial charge in [-0.25, -0.2) is 4.79 Å². The van der Waals surface area contributed by atoms with Crippen molar-refractivity contribution in [2.75, 3.05) is 19.5 Å². The molecule has 0 saturated heterocycles. The van der Waals surface area contributed by atoms with E-state index in [1.165, 1.54) is 26.4 Å². The highest BCUT2D eigenvalue weighted by Gasteiger charge is 2.18.